The molecule has 0 radical (unpaired) electrons. The standard InChI is InChI=1S/C26H34N4O2/c1-5-9-18-30(26(32)27-20-16-14-19(6-2)15-17-20)23(7-3)24-28-22-13-11-10-12-21(22)25(31)29(24)8-4/h10-17,23H,5-9,18H2,1-4H3,(H,27,32). The summed E-state index contributed by atoms with van der Waals surface area (Å²) in [5, 5.41) is 3.65. The van der Waals surface area contributed by atoms with Gasteiger partial charge in [0, 0.05) is 18.8 Å². The summed E-state index contributed by atoms with van der Waals surface area (Å²) in [7, 11) is 0. The van der Waals surface area contributed by atoms with Crippen LogP contribution in [0, 0.1) is 0 Å². The Bertz CT molecular complexity index is 1110. The van der Waals surface area contributed by atoms with E-state index in [1.165, 1.54) is 5.56 Å². The van der Waals surface area contributed by atoms with E-state index in [0.29, 0.717) is 36.2 Å². The van der Waals surface area contributed by atoms with Crippen LogP contribution in [0.5, 0.6) is 0 Å². The number of benzene rings is 2. The highest BCUT2D eigenvalue weighted by Crippen LogP contribution is 2.25. The summed E-state index contributed by atoms with van der Waals surface area (Å²) in [6.07, 6.45) is 3.47. The van der Waals surface area contributed by atoms with E-state index in [1.54, 1.807) is 4.57 Å². The van der Waals surface area contributed by atoms with Gasteiger partial charge in [-0.25, -0.2) is 9.78 Å². The van der Waals surface area contributed by atoms with Gasteiger partial charge >= 0.3 is 6.03 Å². The van der Waals surface area contributed by atoms with E-state index in [1.807, 2.05) is 67.3 Å². The molecule has 3 rings (SSSR count). The average molecular weight is 435 g/mol. The Morgan fingerprint density at radius 2 is 1.78 bits per heavy atom. The van der Waals surface area contributed by atoms with Crippen molar-refractivity contribution in [1.29, 1.82) is 0 Å². The van der Waals surface area contributed by atoms with Crippen LogP contribution in [0.4, 0.5) is 10.5 Å². The van der Waals surface area contributed by atoms with Crippen molar-refractivity contribution in [2.45, 2.75) is 66.0 Å². The zero-order valence-electron chi connectivity index (χ0n) is 19.6. The lowest BCUT2D eigenvalue weighted by atomic mass is 10.1. The van der Waals surface area contributed by atoms with E-state index in [2.05, 4.69) is 19.2 Å². The quantitative estimate of drug-likeness (QED) is 0.465. The molecular weight excluding hydrogens is 400 g/mol. The molecule has 0 saturated carbocycles. The number of rotatable bonds is 9. The van der Waals surface area contributed by atoms with Crippen molar-refractivity contribution in [3.8, 4) is 0 Å². The Balaban J connectivity index is 2.01. The predicted molar refractivity (Wildman–Crippen MR) is 131 cm³/mol. The van der Waals surface area contributed by atoms with Gasteiger partial charge < -0.3 is 10.2 Å². The minimum atomic E-state index is -0.297. The molecule has 1 unspecified atom stereocenters. The van der Waals surface area contributed by atoms with Crippen LogP contribution in [0.15, 0.2) is 53.3 Å². The van der Waals surface area contributed by atoms with Gasteiger partial charge in [0.2, 0.25) is 0 Å². The number of urea groups is 1. The minimum Gasteiger partial charge on any atom is -0.314 e. The molecule has 1 N–H and O–H groups in total. The summed E-state index contributed by atoms with van der Waals surface area (Å²) in [4.78, 5) is 33.3. The smallest absolute Gasteiger partial charge is 0.314 e. The fourth-order valence-corrected chi connectivity index (χ4v) is 4.03. The molecule has 170 valence electrons. The number of carbonyl (C=O) groups excluding carboxylic acids is 1. The number of hydrogen-bond acceptors (Lipinski definition) is 3. The highest BCUT2D eigenvalue weighted by atomic mass is 16.2. The SMILES string of the molecule is CCCCN(C(=O)Nc1ccc(CC)cc1)C(CC)c1nc2ccccc2c(=O)n1CC. The molecule has 6 nitrogen and oxygen atoms in total. The number of carbonyl (C=O) groups is 1. The molecule has 1 atom stereocenters. The number of aromatic nitrogens is 2. The molecule has 1 heterocycles. The van der Waals surface area contributed by atoms with Gasteiger partial charge in [0.05, 0.1) is 16.9 Å². The molecule has 2 amide bonds. The monoisotopic (exact) mass is 434 g/mol. The highest BCUT2D eigenvalue weighted by molar-refractivity contribution is 5.89. The van der Waals surface area contributed by atoms with Crippen molar-refractivity contribution in [3.63, 3.8) is 0 Å². The largest absolute Gasteiger partial charge is 0.322 e. The first-order chi connectivity index (χ1) is 15.5. The summed E-state index contributed by atoms with van der Waals surface area (Å²) < 4.78 is 1.71. The van der Waals surface area contributed by atoms with Crippen LogP contribution in [0.3, 0.4) is 0 Å². The molecule has 1 aromatic heterocycles. The maximum absolute atomic E-state index is 13.4. The Labute approximate surface area is 190 Å². The van der Waals surface area contributed by atoms with E-state index in [4.69, 9.17) is 4.98 Å². The fourth-order valence-electron chi connectivity index (χ4n) is 4.03. The molecule has 0 bridgehead atoms. The van der Waals surface area contributed by atoms with Gasteiger partial charge in [0.25, 0.3) is 5.56 Å². The molecular formula is C26H34N4O2. The second-order valence-electron chi connectivity index (χ2n) is 7.99. The molecule has 6 heteroatoms. The third-order valence-corrected chi connectivity index (χ3v) is 5.90. The lowest BCUT2D eigenvalue weighted by molar-refractivity contribution is 0.178. The Morgan fingerprint density at radius 1 is 1.06 bits per heavy atom. The van der Waals surface area contributed by atoms with Crippen molar-refractivity contribution < 1.29 is 4.79 Å². The maximum Gasteiger partial charge on any atom is 0.322 e. The molecule has 3 aromatic rings. The highest BCUT2D eigenvalue weighted by Gasteiger charge is 2.28. The van der Waals surface area contributed by atoms with Crippen LogP contribution in [0.25, 0.3) is 10.9 Å². The summed E-state index contributed by atoms with van der Waals surface area (Å²) >= 11 is 0. The summed E-state index contributed by atoms with van der Waals surface area (Å²) in [6.45, 7) is 9.30. The van der Waals surface area contributed by atoms with Gasteiger partial charge in [-0.1, -0.05) is 51.5 Å². The van der Waals surface area contributed by atoms with Gasteiger partial charge in [-0.05, 0) is 56.0 Å². The maximum atomic E-state index is 13.4. The molecule has 2 aromatic carbocycles. The molecule has 32 heavy (non-hydrogen) atoms. The number of amides is 2. The Hall–Kier alpha value is -3.15. The number of hydrogen-bond donors (Lipinski definition) is 1. The van der Waals surface area contributed by atoms with Gasteiger partial charge in [-0.2, -0.15) is 0 Å². The molecule has 0 fully saturated rings. The zero-order valence-corrected chi connectivity index (χ0v) is 19.6. The van der Waals surface area contributed by atoms with Crippen molar-refractivity contribution >= 4 is 22.6 Å². The van der Waals surface area contributed by atoms with Crippen LogP contribution < -0.4 is 10.9 Å². The zero-order chi connectivity index (χ0) is 23.1. The van der Waals surface area contributed by atoms with Crippen LogP contribution in [0.2, 0.25) is 0 Å². The van der Waals surface area contributed by atoms with Gasteiger partial charge in [0.15, 0.2) is 0 Å². The summed E-state index contributed by atoms with van der Waals surface area (Å²) in [6, 6.07) is 14.9. The topological polar surface area (TPSA) is 67.2 Å². The van der Waals surface area contributed by atoms with E-state index in [9.17, 15) is 9.59 Å². The molecule has 0 spiro atoms. The number of aryl methyl sites for hydroxylation is 1. The van der Waals surface area contributed by atoms with Crippen molar-refractivity contribution in [2.75, 3.05) is 11.9 Å². The lowest BCUT2D eigenvalue weighted by Crippen LogP contribution is -2.41. The van der Waals surface area contributed by atoms with E-state index in [-0.39, 0.29) is 17.6 Å². The summed E-state index contributed by atoms with van der Waals surface area (Å²) in [5.41, 5.74) is 2.60. The second kappa shape index (κ2) is 10.9. The fraction of sp³-hybridized carbons (Fsp3) is 0.423. The number of para-hydroxylation sites is 1. The van der Waals surface area contributed by atoms with Crippen LogP contribution in [0.1, 0.15) is 64.4 Å². The number of fused-ring (bicyclic) bond motifs is 1. The Morgan fingerprint density at radius 3 is 2.41 bits per heavy atom. The van der Waals surface area contributed by atoms with Crippen LogP contribution >= 0.6 is 0 Å². The first-order valence-corrected chi connectivity index (χ1v) is 11.7. The van der Waals surface area contributed by atoms with Crippen molar-refractivity contribution in [2.24, 2.45) is 0 Å². The van der Waals surface area contributed by atoms with Crippen molar-refractivity contribution in [1.82, 2.24) is 14.5 Å². The summed E-state index contributed by atoms with van der Waals surface area (Å²) in [5.74, 6) is 0.645. The Kier molecular flexibility index (Phi) is 8.03. The molecule has 0 aliphatic carbocycles. The number of unbranched alkanes of at least 4 members (excludes halogenated alkanes) is 1. The normalized spacial score (nSPS) is 12.0. The first kappa shape index (κ1) is 23.5. The van der Waals surface area contributed by atoms with E-state index in [0.717, 1.165) is 24.9 Å². The van der Waals surface area contributed by atoms with Crippen molar-refractivity contribution in [3.05, 3.63) is 70.3 Å². The predicted octanol–water partition coefficient (Wildman–Crippen LogP) is 5.76. The third kappa shape index (κ3) is 5.01. The van der Waals surface area contributed by atoms with E-state index >= 15 is 0 Å². The van der Waals surface area contributed by atoms with Crippen LogP contribution in [-0.4, -0.2) is 27.0 Å². The number of anilines is 1. The average Bonchev–Trinajstić information content (AvgIpc) is 2.82. The second-order valence-corrected chi connectivity index (χ2v) is 7.99. The lowest BCUT2D eigenvalue weighted by Gasteiger charge is -2.32. The van der Waals surface area contributed by atoms with Gasteiger partial charge in [-0.3, -0.25) is 9.36 Å². The van der Waals surface area contributed by atoms with Gasteiger partial charge in [-0.15, -0.1) is 0 Å². The number of nitrogens with one attached hydrogen (secondary N) is 1. The van der Waals surface area contributed by atoms with Crippen LogP contribution in [-0.2, 0) is 13.0 Å². The first-order valence-electron chi connectivity index (χ1n) is 11.7. The molecule has 0 aliphatic rings. The molecule has 0 aliphatic heterocycles. The van der Waals surface area contributed by atoms with E-state index < -0.39 is 0 Å². The third-order valence-electron chi connectivity index (χ3n) is 5.90. The number of nitrogens with zero attached hydrogens (tertiary/aromatic N) is 3. The minimum absolute atomic E-state index is 0.0578. The molecule has 0 saturated heterocycles. The van der Waals surface area contributed by atoms with Gasteiger partial charge in [0.1, 0.15) is 5.82 Å².